The van der Waals surface area contributed by atoms with Gasteiger partial charge in [-0.25, -0.2) is 9.97 Å². The van der Waals surface area contributed by atoms with Gasteiger partial charge in [-0.1, -0.05) is 0 Å². The first-order chi connectivity index (χ1) is 13.7. The Hall–Kier alpha value is -2.94. The van der Waals surface area contributed by atoms with Crippen LogP contribution >= 0.6 is 0 Å². The Morgan fingerprint density at radius 2 is 1.82 bits per heavy atom. The van der Waals surface area contributed by atoms with Crippen molar-refractivity contribution in [3.63, 3.8) is 0 Å². The van der Waals surface area contributed by atoms with E-state index in [4.69, 9.17) is 4.42 Å². The van der Waals surface area contributed by atoms with Crippen LogP contribution in [0.15, 0.2) is 41.3 Å². The Bertz CT molecular complexity index is 729. The number of nitrogens with one attached hydrogen (secondary N) is 2. The van der Waals surface area contributed by atoms with Gasteiger partial charge in [0.1, 0.15) is 0 Å². The number of carbonyl (C=O) groups is 2. The molecule has 0 radical (unpaired) electrons. The normalized spacial score (nSPS) is 14.6. The molecule has 2 aromatic heterocycles. The minimum absolute atomic E-state index is 0.0641. The predicted molar refractivity (Wildman–Crippen MR) is 104 cm³/mol. The molecule has 3 rings (SSSR count). The van der Waals surface area contributed by atoms with Crippen LogP contribution in [0.4, 0.5) is 5.95 Å². The van der Waals surface area contributed by atoms with Crippen LogP contribution in [0.3, 0.4) is 0 Å². The molecule has 28 heavy (non-hydrogen) atoms. The molecule has 2 amide bonds. The number of anilines is 1. The quantitative estimate of drug-likeness (QED) is 0.606. The molecule has 9 nitrogen and oxygen atoms in total. The molecule has 1 fully saturated rings. The molecule has 0 spiro atoms. The number of rotatable bonds is 9. The van der Waals surface area contributed by atoms with Crippen molar-refractivity contribution < 1.29 is 14.0 Å². The van der Waals surface area contributed by atoms with Gasteiger partial charge in [0.15, 0.2) is 5.76 Å². The van der Waals surface area contributed by atoms with E-state index in [0.29, 0.717) is 6.54 Å². The number of hydrogen-bond acceptors (Lipinski definition) is 7. The van der Waals surface area contributed by atoms with Crippen LogP contribution in [0.2, 0.25) is 0 Å². The molecule has 2 aromatic rings. The Labute approximate surface area is 164 Å². The minimum Gasteiger partial charge on any atom is -0.459 e. The smallest absolute Gasteiger partial charge is 0.286 e. The van der Waals surface area contributed by atoms with Gasteiger partial charge in [0.25, 0.3) is 5.91 Å². The molecular formula is C19H26N6O3. The van der Waals surface area contributed by atoms with Crippen molar-refractivity contribution in [3.05, 3.63) is 42.6 Å². The fourth-order valence-corrected chi connectivity index (χ4v) is 3.03. The first kappa shape index (κ1) is 19.8. The second-order valence-electron chi connectivity index (χ2n) is 6.56. The largest absolute Gasteiger partial charge is 0.459 e. The highest BCUT2D eigenvalue weighted by Gasteiger charge is 2.18. The molecule has 0 aliphatic carbocycles. The highest BCUT2D eigenvalue weighted by atomic mass is 16.3. The van der Waals surface area contributed by atoms with Crippen molar-refractivity contribution in [1.82, 2.24) is 25.5 Å². The lowest BCUT2D eigenvalue weighted by Crippen LogP contribution is -2.47. The van der Waals surface area contributed by atoms with Gasteiger partial charge in [-0.3, -0.25) is 14.5 Å². The Kier molecular flexibility index (Phi) is 7.36. The van der Waals surface area contributed by atoms with Crippen LogP contribution in [-0.4, -0.2) is 72.5 Å². The number of hydrogen-bond donors (Lipinski definition) is 2. The summed E-state index contributed by atoms with van der Waals surface area (Å²) in [6, 6.07) is 5.06. The Morgan fingerprint density at radius 1 is 1.04 bits per heavy atom. The second kappa shape index (κ2) is 10.4. The highest BCUT2D eigenvalue weighted by molar-refractivity contribution is 5.91. The van der Waals surface area contributed by atoms with E-state index < -0.39 is 0 Å². The summed E-state index contributed by atoms with van der Waals surface area (Å²) in [5.74, 6) is 0.663. The minimum atomic E-state index is -0.308. The fraction of sp³-hybridized carbons (Fsp3) is 0.474. The molecule has 1 aliphatic rings. The lowest BCUT2D eigenvalue weighted by atomic mass is 10.3. The predicted octanol–water partition coefficient (Wildman–Crippen LogP) is 0.518. The summed E-state index contributed by atoms with van der Waals surface area (Å²) in [5.41, 5.74) is 0. The molecule has 0 bridgehead atoms. The van der Waals surface area contributed by atoms with Crippen molar-refractivity contribution in [2.75, 3.05) is 50.7 Å². The molecule has 0 unspecified atom stereocenters. The number of nitrogens with zero attached hydrogens (tertiary/aromatic N) is 4. The molecule has 0 saturated carbocycles. The maximum absolute atomic E-state index is 11.8. The van der Waals surface area contributed by atoms with Crippen LogP contribution in [0, 0.1) is 0 Å². The maximum Gasteiger partial charge on any atom is 0.286 e. The molecular weight excluding hydrogens is 360 g/mol. The van der Waals surface area contributed by atoms with Crippen LogP contribution in [-0.2, 0) is 4.79 Å². The van der Waals surface area contributed by atoms with Crippen molar-refractivity contribution in [3.8, 4) is 0 Å². The third-order valence-corrected chi connectivity index (χ3v) is 4.56. The average molecular weight is 386 g/mol. The van der Waals surface area contributed by atoms with Gasteiger partial charge in [-0.15, -0.1) is 0 Å². The number of furan rings is 1. The lowest BCUT2D eigenvalue weighted by Gasteiger charge is -2.34. The Morgan fingerprint density at radius 3 is 2.54 bits per heavy atom. The van der Waals surface area contributed by atoms with Crippen molar-refractivity contribution in [2.24, 2.45) is 0 Å². The van der Waals surface area contributed by atoms with Gasteiger partial charge in [0, 0.05) is 58.1 Å². The van der Waals surface area contributed by atoms with E-state index in [9.17, 15) is 9.59 Å². The van der Waals surface area contributed by atoms with E-state index >= 15 is 0 Å². The van der Waals surface area contributed by atoms with Gasteiger partial charge in [0.2, 0.25) is 11.9 Å². The molecule has 9 heteroatoms. The first-order valence-electron chi connectivity index (χ1n) is 9.55. The van der Waals surface area contributed by atoms with Crippen LogP contribution in [0.5, 0.6) is 0 Å². The molecule has 3 heterocycles. The zero-order chi connectivity index (χ0) is 19.6. The maximum atomic E-state index is 11.8. The molecule has 1 saturated heterocycles. The molecule has 1 aliphatic heterocycles. The van der Waals surface area contributed by atoms with E-state index in [1.807, 2.05) is 6.07 Å². The van der Waals surface area contributed by atoms with Gasteiger partial charge in [0.05, 0.1) is 6.26 Å². The van der Waals surface area contributed by atoms with Crippen molar-refractivity contribution in [2.45, 2.75) is 12.8 Å². The lowest BCUT2D eigenvalue weighted by molar-refractivity contribution is -0.120. The summed E-state index contributed by atoms with van der Waals surface area (Å²) in [4.78, 5) is 36.7. The highest BCUT2D eigenvalue weighted by Crippen LogP contribution is 2.09. The number of carbonyl (C=O) groups excluding carboxylic acids is 2. The molecule has 0 aromatic carbocycles. The third kappa shape index (κ3) is 6.05. The molecule has 2 N–H and O–H groups in total. The zero-order valence-electron chi connectivity index (χ0n) is 15.8. The fourth-order valence-electron chi connectivity index (χ4n) is 3.03. The van der Waals surface area contributed by atoms with Gasteiger partial charge < -0.3 is 20.0 Å². The summed E-state index contributed by atoms with van der Waals surface area (Å²) >= 11 is 0. The van der Waals surface area contributed by atoms with Crippen LogP contribution in [0.1, 0.15) is 23.4 Å². The van der Waals surface area contributed by atoms with Crippen LogP contribution in [0.25, 0.3) is 0 Å². The van der Waals surface area contributed by atoms with Crippen molar-refractivity contribution in [1.29, 1.82) is 0 Å². The third-order valence-electron chi connectivity index (χ3n) is 4.56. The SMILES string of the molecule is O=C(CCNC(=O)c1ccco1)NCCCN1CCN(c2ncccn2)CC1. The Balaban J connectivity index is 1.22. The summed E-state index contributed by atoms with van der Waals surface area (Å²) in [6.45, 7) is 5.61. The topological polar surface area (TPSA) is 104 Å². The number of piperazine rings is 1. The summed E-state index contributed by atoms with van der Waals surface area (Å²) in [7, 11) is 0. The van der Waals surface area contributed by atoms with E-state index in [1.54, 1.807) is 24.5 Å². The summed E-state index contributed by atoms with van der Waals surface area (Å²) in [5, 5.41) is 5.55. The van der Waals surface area contributed by atoms with Gasteiger partial charge >= 0.3 is 0 Å². The van der Waals surface area contributed by atoms with E-state index in [0.717, 1.165) is 45.1 Å². The van der Waals surface area contributed by atoms with E-state index in [-0.39, 0.29) is 30.5 Å². The van der Waals surface area contributed by atoms with E-state index in [1.165, 1.54) is 6.26 Å². The molecule has 0 atom stereocenters. The van der Waals surface area contributed by atoms with Crippen LogP contribution < -0.4 is 15.5 Å². The average Bonchev–Trinajstić information content (AvgIpc) is 3.27. The van der Waals surface area contributed by atoms with Gasteiger partial charge in [-0.05, 0) is 31.2 Å². The first-order valence-corrected chi connectivity index (χ1v) is 9.55. The standard InChI is InChI=1S/C19H26N6O3/c26-17(5-9-21-18(27)16-4-1-15-28-16)20-8-3-10-24-11-13-25(14-12-24)19-22-6-2-7-23-19/h1-2,4,6-7,15H,3,5,8-14H2,(H,20,26)(H,21,27). The second-order valence-corrected chi connectivity index (χ2v) is 6.56. The van der Waals surface area contributed by atoms with E-state index in [2.05, 4.69) is 30.4 Å². The summed E-state index contributed by atoms with van der Waals surface area (Å²) < 4.78 is 4.99. The zero-order valence-corrected chi connectivity index (χ0v) is 15.8. The van der Waals surface area contributed by atoms with Gasteiger partial charge in [-0.2, -0.15) is 0 Å². The number of aromatic nitrogens is 2. The monoisotopic (exact) mass is 386 g/mol. The molecule has 150 valence electrons. The van der Waals surface area contributed by atoms with Crippen molar-refractivity contribution >= 4 is 17.8 Å². The number of amides is 2. The summed E-state index contributed by atoms with van der Waals surface area (Å²) in [6.07, 6.45) is 6.12.